The number of hydrogen-bond donors (Lipinski definition) is 0. The van der Waals surface area contributed by atoms with E-state index in [2.05, 4.69) is 18.8 Å². The van der Waals surface area contributed by atoms with Crippen LogP contribution in [0.15, 0.2) is 24.3 Å². The first kappa shape index (κ1) is 9.67. The molecule has 0 spiro atoms. The van der Waals surface area contributed by atoms with Crippen molar-refractivity contribution in [3.05, 3.63) is 29.8 Å². The van der Waals surface area contributed by atoms with Crippen molar-refractivity contribution in [1.82, 2.24) is 0 Å². The fourth-order valence-corrected chi connectivity index (χ4v) is 0.999. The third-order valence-corrected chi connectivity index (χ3v) is 1.60. The topological polar surface area (TPSA) is 9.23 Å². The summed E-state index contributed by atoms with van der Waals surface area (Å²) in [6, 6.07) is 7.85. The second-order valence-corrected chi connectivity index (χ2v) is 2.75. The number of ether oxygens (including phenoxy) is 1. The Morgan fingerprint density at radius 2 is 1.92 bits per heavy atom. The molecule has 0 N–H and O–H groups in total. The van der Waals surface area contributed by atoms with Crippen LogP contribution in [0.3, 0.4) is 0 Å². The van der Waals surface area contributed by atoms with Crippen LogP contribution >= 0.6 is 0 Å². The molecule has 0 bridgehead atoms. The lowest BCUT2D eigenvalue weighted by atomic mass is 10.2. The van der Waals surface area contributed by atoms with Gasteiger partial charge in [0.05, 0.1) is 6.61 Å². The van der Waals surface area contributed by atoms with Crippen molar-refractivity contribution < 1.29 is 4.74 Å². The molecule has 1 aromatic carbocycles. The highest BCUT2D eigenvalue weighted by Crippen LogP contribution is 2.11. The zero-order valence-electron chi connectivity index (χ0n) is 8.13. The Morgan fingerprint density at radius 3 is 2.46 bits per heavy atom. The fourth-order valence-electron chi connectivity index (χ4n) is 0.999. The Labute approximate surface area is 79.7 Å². The van der Waals surface area contributed by atoms with Crippen LogP contribution in [0.2, 0.25) is 0 Å². The van der Waals surface area contributed by atoms with E-state index >= 15 is 0 Å². The molecule has 13 heavy (non-hydrogen) atoms. The maximum absolute atomic E-state index is 5.44. The smallest absolute Gasteiger partial charge is 0.119 e. The fraction of sp³-hybridized carbons (Fsp3) is 0.333. The molecule has 0 fully saturated rings. The maximum Gasteiger partial charge on any atom is 0.119 e. The molecule has 0 aliphatic carbocycles. The van der Waals surface area contributed by atoms with Gasteiger partial charge in [0.2, 0.25) is 0 Å². The molecular weight excluding hydrogens is 160 g/mol. The molecule has 0 aliphatic heterocycles. The molecule has 0 aliphatic rings. The van der Waals surface area contributed by atoms with E-state index in [1.165, 1.54) is 0 Å². The zero-order valence-corrected chi connectivity index (χ0v) is 8.13. The summed E-state index contributed by atoms with van der Waals surface area (Å²) < 4.78 is 5.44. The molecule has 0 heterocycles. The molecule has 0 radical (unpaired) electrons. The molecule has 1 heteroatoms. The van der Waals surface area contributed by atoms with Crippen molar-refractivity contribution in [3.8, 4) is 17.6 Å². The molecule has 0 atom stereocenters. The minimum atomic E-state index is 0.777. The van der Waals surface area contributed by atoms with Gasteiger partial charge < -0.3 is 4.74 Å². The second kappa shape index (κ2) is 5.27. The molecule has 0 saturated carbocycles. The third kappa shape index (κ3) is 3.21. The highest BCUT2D eigenvalue weighted by molar-refractivity contribution is 5.37. The molecule has 0 amide bonds. The van der Waals surface area contributed by atoms with Crippen LogP contribution in [0.4, 0.5) is 0 Å². The Hall–Kier alpha value is -1.42. The first-order valence-electron chi connectivity index (χ1n) is 4.52. The van der Waals surface area contributed by atoms with Crippen molar-refractivity contribution in [2.24, 2.45) is 0 Å². The van der Waals surface area contributed by atoms with E-state index in [9.17, 15) is 0 Å². The summed E-state index contributed by atoms with van der Waals surface area (Å²) in [7, 11) is 0. The van der Waals surface area contributed by atoms with Gasteiger partial charge in [-0.25, -0.2) is 0 Å². The summed E-state index contributed by atoms with van der Waals surface area (Å²) in [5.41, 5.74) is 1.03. The summed E-state index contributed by atoms with van der Waals surface area (Å²) in [6.45, 7) is 4.71. The Bertz CT molecular complexity index is 300. The first-order valence-corrected chi connectivity index (χ1v) is 4.52. The monoisotopic (exact) mass is 174 g/mol. The predicted molar refractivity (Wildman–Crippen MR) is 54.8 cm³/mol. The maximum atomic E-state index is 5.44. The molecule has 0 aromatic heterocycles. The molecule has 1 rings (SSSR count). The third-order valence-electron chi connectivity index (χ3n) is 1.60. The van der Waals surface area contributed by atoms with Gasteiger partial charge in [-0.15, -0.1) is 5.92 Å². The van der Waals surface area contributed by atoms with E-state index in [0.29, 0.717) is 0 Å². The van der Waals surface area contributed by atoms with Gasteiger partial charge in [-0.2, -0.15) is 0 Å². The summed E-state index contributed by atoms with van der Waals surface area (Å²) in [6.07, 6.45) is 1.04. The Morgan fingerprint density at radius 1 is 1.23 bits per heavy atom. The predicted octanol–water partition coefficient (Wildman–Crippen LogP) is 2.85. The summed E-state index contributed by atoms with van der Waals surface area (Å²) >= 11 is 0. The van der Waals surface area contributed by atoms with Crippen LogP contribution in [-0.4, -0.2) is 6.61 Å². The molecule has 1 aromatic rings. The van der Waals surface area contributed by atoms with Crippen LogP contribution in [0, 0.1) is 11.8 Å². The minimum absolute atomic E-state index is 0.777. The summed E-state index contributed by atoms with van der Waals surface area (Å²) in [5.74, 6) is 6.76. The zero-order chi connectivity index (χ0) is 9.52. The van der Waals surface area contributed by atoms with Crippen molar-refractivity contribution in [3.63, 3.8) is 0 Å². The molecular formula is C12H14O. The molecule has 68 valence electrons. The molecule has 1 nitrogen and oxygen atoms in total. The van der Waals surface area contributed by atoms with Crippen LogP contribution in [0.1, 0.15) is 25.8 Å². The average molecular weight is 174 g/mol. The minimum Gasteiger partial charge on any atom is -0.494 e. The summed E-state index contributed by atoms with van der Waals surface area (Å²) in [4.78, 5) is 0. The molecule has 0 unspecified atom stereocenters. The highest BCUT2D eigenvalue weighted by atomic mass is 16.5. The Kier molecular flexibility index (Phi) is 3.92. The van der Waals surface area contributed by atoms with Crippen LogP contribution in [0.25, 0.3) is 0 Å². The number of rotatable bonds is 3. The average Bonchev–Trinajstić information content (AvgIpc) is 2.17. The first-order chi connectivity index (χ1) is 6.36. The van der Waals surface area contributed by atoms with Gasteiger partial charge in [0.25, 0.3) is 0 Å². The lowest BCUT2D eigenvalue weighted by Gasteiger charge is -2.03. The van der Waals surface area contributed by atoms with Gasteiger partial charge in [0.1, 0.15) is 5.75 Å². The molecule has 0 saturated heterocycles. The van der Waals surface area contributed by atoms with Crippen LogP contribution in [-0.2, 0) is 0 Å². The lowest BCUT2D eigenvalue weighted by molar-refractivity contribution is 0.317. The van der Waals surface area contributed by atoms with E-state index in [1.54, 1.807) is 0 Å². The van der Waals surface area contributed by atoms with Crippen molar-refractivity contribution in [1.29, 1.82) is 0 Å². The Balaban J connectivity index is 2.62. The van der Waals surface area contributed by atoms with Gasteiger partial charge in [-0.3, -0.25) is 0 Å². The quantitative estimate of drug-likeness (QED) is 0.640. The number of benzene rings is 1. The van der Waals surface area contributed by atoms with E-state index in [-0.39, 0.29) is 0 Å². The normalized spacial score (nSPS) is 8.77. The van der Waals surface area contributed by atoms with Crippen molar-refractivity contribution in [2.75, 3.05) is 6.61 Å². The van der Waals surface area contributed by atoms with E-state index in [0.717, 1.165) is 24.3 Å². The van der Waals surface area contributed by atoms with Crippen molar-refractivity contribution >= 4 is 0 Å². The number of hydrogen-bond acceptors (Lipinski definition) is 1. The lowest BCUT2D eigenvalue weighted by Crippen LogP contribution is -1.94. The van der Waals surface area contributed by atoms with E-state index < -0.39 is 0 Å². The highest BCUT2D eigenvalue weighted by Gasteiger charge is 1.91. The summed E-state index contributed by atoms with van der Waals surface area (Å²) in [5, 5.41) is 0. The standard InChI is InChI=1S/C12H14O/c1-3-5-11-6-8-12(9-7-11)13-10-4-2/h6-9H,4,10H2,1-2H3. The largest absolute Gasteiger partial charge is 0.494 e. The van der Waals surface area contributed by atoms with Gasteiger partial charge >= 0.3 is 0 Å². The van der Waals surface area contributed by atoms with Crippen molar-refractivity contribution in [2.45, 2.75) is 20.3 Å². The SMILES string of the molecule is CC#Cc1ccc(OCCC)cc1. The van der Waals surface area contributed by atoms with E-state index in [1.807, 2.05) is 31.2 Å². The van der Waals surface area contributed by atoms with E-state index in [4.69, 9.17) is 4.74 Å². The van der Waals surface area contributed by atoms with Gasteiger partial charge in [-0.05, 0) is 37.6 Å². The van der Waals surface area contributed by atoms with Crippen LogP contribution in [0.5, 0.6) is 5.75 Å². The van der Waals surface area contributed by atoms with Gasteiger partial charge in [0.15, 0.2) is 0 Å². The van der Waals surface area contributed by atoms with Crippen LogP contribution < -0.4 is 4.74 Å². The van der Waals surface area contributed by atoms with Gasteiger partial charge in [-0.1, -0.05) is 12.8 Å². The van der Waals surface area contributed by atoms with Gasteiger partial charge in [0, 0.05) is 5.56 Å². The second-order valence-electron chi connectivity index (χ2n) is 2.75.